The van der Waals surface area contributed by atoms with Gasteiger partial charge in [-0.15, -0.1) is 0 Å². The maximum absolute atomic E-state index is 12.1. The Balaban J connectivity index is 1.48. The average Bonchev–Trinajstić information content (AvgIpc) is 3.27. The predicted octanol–water partition coefficient (Wildman–Crippen LogP) is 1.56. The van der Waals surface area contributed by atoms with Crippen molar-refractivity contribution in [3.05, 3.63) is 41.7 Å². The van der Waals surface area contributed by atoms with Crippen LogP contribution in [0.25, 0.3) is 0 Å². The van der Waals surface area contributed by atoms with Crippen LogP contribution >= 0.6 is 11.8 Å². The lowest BCUT2D eigenvalue weighted by molar-refractivity contribution is 0.0950. The molecule has 0 aliphatic heterocycles. The molecule has 1 aliphatic rings. The van der Waals surface area contributed by atoms with Crippen LogP contribution in [0.1, 0.15) is 28.8 Å². The molecule has 1 fully saturated rings. The van der Waals surface area contributed by atoms with Crippen LogP contribution in [-0.4, -0.2) is 33.7 Å². The predicted molar refractivity (Wildman–Crippen MR) is 85.4 cm³/mol. The third kappa shape index (κ3) is 4.08. The molecule has 1 atom stereocenters. The molecular weight excluding hydrogens is 298 g/mol. The van der Waals surface area contributed by atoms with Gasteiger partial charge >= 0.3 is 0 Å². The van der Waals surface area contributed by atoms with Crippen molar-refractivity contribution < 1.29 is 4.79 Å². The first-order valence-corrected chi connectivity index (χ1v) is 8.32. The van der Waals surface area contributed by atoms with Crippen LogP contribution in [0.4, 0.5) is 0 Å². The number of aromatic amines is 1. The van der Waals surface area contributed by atoms with E-state index < -0.39 is 0 Å². The van der Waals surface area contributed by atoms with E-state index in [1.54, 1.807) is 11.8 Å². The molecule has 1 unspecified atom stereocenters. The second kappa shape index (κ2) is 6.93. The van der Waals surface area contributed by atoms with Crippen LogP contribution in [0.5, 0.6) is 0 Å². The van der Waals surface area contributed by atoms with Crippen molar-refractivity contribution in [3.63, 3.8) is 0 Å². The van der Waals surface area contributed by atoms with Gasteiger partial charge < -0.3 is 11.1 Å². The van der Waals surface area contributed by atoms with E-state index in [-0.39, 0.29) is 11.9 Å². The molecule has 3 rings (SSSR count). The second-order valence-corrected chi connectivity index (χ2v) is 6.45. The zero-order valence-electron chi connectivity index (χ0n) is 12.2. The summed E-state index contributed by atoms with van der Waals surface area (Å²) in [5.41, 5.74) is 7.78. The highest BCUT2D eigenvalue weighted by Gasteiger charge is 2.28. The fourth-order valence-corrected chi connectivity index (χ4v) is 2.91. The number of aromatic nitrogens is 3. The number of nitrogens with one attached hydrogen (secondary N) is 2. The molecule has 1 saturated carbocycles. The minimum absolute atomic E-state index is 0.0643. The summed E-state index contributed by atoms with van der Waals surface area (Å²) >= 11 is 1.57. The SMILES string of the molecule is NC(CNC(=O)c1ccc(CSc2ncn[nH]2)cc1)C1CC1. The van der Waals surface area contributed by atoms with E-state index in [9.17, 15) is 4.79 Å². The van der Waals surface area contributed by atoms with Crippen LogP contribution in [-0.2, 0) is 5.75 Å². The van der Waals surface area contributed by atoms with E-state index in [0.29, 0.717) is 18.0 Å². The Kier molecular flexibility index (Phi) is 4.74. The van der Waals surface area contributed by atoms with Crippen molar-refractivity contribution in [2.75, 3.05) is 6.54 Å². The van der Waals surface area contributed by atoms with E-state index in [4.69, 9.17) is 5.73 Å². The second-order valence-electron chi connectivity index (χ2n) is 5.49. The summed E-state index contributed by atoms with van der Waals surface area (Å²) in [7, 11) is 0. The van der Waals surface area contributed by atoms with E-state index in [2.05, 4.69) is 20.5 Å². The number of nitrogens with two attached hydrogens (primary N) is 1. The first-order chi connectivity index (χ1) is 10.7. The van der Waals surface area contributed by atoms with Gasteiger partial charge in [-0.2, -0.15) is 5.10 Å². The third-order valence-electron chi connectivity index (χ3n) is 3.71. The molecule has 6 nitrogen and oxygen atoms in total. The fourth-order valence-electron chi connectivity index (χ4n) is 2.17. The van der Waals surface area contributed by atoms with Gasteiger partial charge in [-0.3, -0.25) is 9.89 Å². The molecule has 1 heterocycles. The van der Waals surface area contributed by atoms with Crippen molar-refractivity contribution in [2.24, 2.45) is 11.7 Å². The lowest BCUT2D eigenvalue weighted by Gasteiger charge is -2.11. The number of H-pyrrole nitrogens is 1. The normalized spacial score (nSPS) is 15.5. The minimum Gasteiger partial charge on any atom is -0.350 e. The Morgan fingerprint density at radius 3 is 2.82 bits per heavy atom. The van der Waals surface area contributed by atoms with Crippen molar-refractivity contribution in [2.45, 2.75) is 29.8 Å². The highest BCUT2D eigenvalue weighted by Crippen LogP contribution is 2.31. The fraction of sp³-hybridized carbons (Fsp3) is 0.400. The summed E-state index contributed by atoms with van der Waals surface area (Å²) in [5, 5.41) is 10.3. The number of hydrogen-bond donors (Lipinski definition) is 3. The minimum atomic E-state index is -0.0643. The molecule has 1 aromatic heterocycles. The number of hydrogen-bond acceptors (Lipinski definition) is 5. The summed E-state index contributed by atoms with van der Waals surface area (Å²) in [4.78, 5) is 16.1. The summed E-state index contributed by atoms with van der Waals surface area (Å²) in [6.45, 7) is 0.548. The van der Waals surface area contributed by atoms with Crippen molar-refractivity contribution >= 4 is 17.7 Å². The lowest BCUT2D eigenvalue weighted by atomic mass is 10.1. The van der Waals surface area contributed by atoms with Crippen LogP contribution in [0, 0.1) is 5.92 Å². The van der Waals surface area contributed by atoms with Gasteiger partial charge in [-0.25, -0.2) is 4.98 Å². The number of carbonyl (C=O) groups excluding carboxylic acids is 1. The summed E-state index contributed by atoms with van der Waals surface area (Å²) in [5.74, 6) is 1.31. The van der Waals surface area contributed by atoms with Gasteiger partial charge in [0.25, 0.3) is 5.91 Å². The average molecular weight is 317 g/mol. The van der Waals surface area contributed by atoms with E-state index in [0.717, 1.165) is 16.5 Å². The highest BCUT2D eigenvalue weighted by atomic mass is 32.2. The van der Waals surface area contributed by atoms with E-state index in [1.807, 2.05) is 24.3 Å². The lowest BCUT2D eigenvalue weighted by Crippen LogP contribution is -2.38. The molecule has 1 aromatic carbocycles. The zero-order chi connectivity index (χ0) is 15.4. The van der Waals surface area contributed by atoms with Gasteiger partial charge in [-0.05, 0) is 36.5 Å². The number of thioether (sulfide) groups is 1. The van der Waals surface area contributed by atoms with Gasteiger partial charge in [0, 0.05) is 23.9 Å². The Labute approximate surface area is 133 Å². The number of rotatable bonds is 7. The van der Waals surface area contributed by atoms with Gasteiger partial charge in [0.05, 0.1) is 0 Å². The Morgan fingerprint density at radius 2 is 2.18 bits per heavy atom. The number of amides is 1. The Morgan fingerprint density at radius 1 is 1.41 bits per heavy atom. The standard InChI is InChI=1S/C15H19N5OS/c16-13(11-5-6-11)7-17-14(21)12-3-1-10(2-4-12)8-22-15-18-9-19-20-15/h1-4,9,11,13H,5-8,16H2,(H,17,21)(H,18,19,20). The van der Waals surface area contributed by atoms with Crippen LogP contribution in [0.3, 0.4) is 0 Å². The Hall–Kier alpha value is -1.86. The first kappa shape index (κ1) is 15.1. The van der Waals surface area contributed by atoms with Crippen molar-refractivity contribution in [1.29, 1.82) is 0 Å². The number of nitrogens with zero attached hydrogens (tertiary/aromatic N) is 2. The summed E-state index contributed by atoms with van der Waals surface area (Å²) < 4.78 is 0. The molecule has 7 heteroatoms. The molecule has 4 N–H and O–H groups in total. The Bertz CT molecular complexity index is 609. The molecule has 1 amide bonds. The van der Waals surface area contributed by atoms with Crippen LogP contribution in [0.2, 0.25) is 0 Å². The van der Waals surface area contributed by atoms with E-state index >= 15 is 0 Å². The number of carbonyl (C=O) groups is 1. The molecular formula is C15H19N5OS. The van der Waals surface area contributed by atoms with E-state index in [1.165, 1.54) is 19.2 Å². The molecule has 2 aromatic rings. The van der Waals surface area contributed by atoms with Crippen molar-refractivity contribution in [1.82, 2.24) is 20.5 Å². The zero-order valence-corrected chi connectivity index (χ0v) is 13.0. The smallest absolute Gasteiger partial charge is 0.251 e. The molecule has 116 valence electrons. The van der Waals surface area contributed by atoms with Gasteiger partial charge in [0.1, 0.15) is 6.33 Å². The summed E-state index contributed by atoms with van der Waals surface area (Å²) in [6, 6.07) is 7.68. The molecule has 22 heavy (non-hydrogen) atoms. The maximum Gasteiger partial charge on any atom is 0.251 e. The van der Waals surface area contributed by atoms with Crippen LogP contribution < -0.4 is 11.1 Å². The maximum atomic E-state index is 12.1. The van der Waals surface area contributed by atoms with Crippen molar-refractivity contribution in [3.8, 4) is 0 Å². The van der Waals surface area contributed by atoms with Crippen LogP contribution in [0.15, 0.2) is 35.7 Å². The number of benzene rings is 1. The topological polar surface area (TPSA) is 96.7 Å². The van der Waals surface area contributed by atoms with Gasteiger partial charge in [0.2, 0.25) is 0 Å². The molecule has 1 aliphatic carbocycles. The largest absolute Gasteiger partial charge is 0.350 e. The summed E-state index contributed by atoms with van der Waals surface area (Å²) in [6.07, 6.45) is 3.87. The first-order valence-electron chi connectivity index (χ1n) is 7.33. The highest BCUT2D eigenvalue weighted by molar-refractivity contribution is 7.98. The van der Waals surface area contributed by atoms with Gasteiger partial charge in [-0.1, -0.05) is 23.9 Å². The molecule has 0 saturated heterocycles. The van der Waals surface area contributed by atoms with Gasteiger partial charge in [0.15, 0.2) is 5.16 Å². The quantitative estimate of drug-likeness (QED) is 0.674. The third-order valence-corrected chi connectivity index (χ3v) is 4.66. The molecule has 0 radical (unpaired) electrons. The monoisotopic (exact) mass is 317 g/mol. The molecule has 0 bridgehead atoms. The molecule has 0 spiro atoms.